The summed E-state index contributed by atoms with van der Waals surface area (Å²) in [7, 11) is 0. The normalized spacial score (nSPS) is 24.0. The van der Waals surface area contributed by atoms with E-state index in [2.05, 4.69) is 54.7 Å². The van der Waals surface area contributed by atoms with E-state index in [0.29, 0.717) is 5.92 Å². The number of amides is 1. The van der Waals surface area contributed by atoms with Gasteiger partial charge in [-0.25, -0.2) is 0 Å². The standard InChI is InChI=1S/C17H28N2OS/c1-5-8-15-17(20)19(12(4)13(6-2)7-3)16(18-15)14-9-10-21-11-14/h9-13,15-16,18H,5-8H2,1-4H3. The first-order valence-corrected chi connectivity index (χ1v) is 9.18. The van der Waals surface area contributed by atoms with Gasteiger partial charge < -0.3 is 4.90 Å². The van der Waals surface area contributed by atoms with Gasteiger partial charge >= 0.3 is 0 Å². The van der Waals surface area contributed by atoms with Crippen molar-refractivity contribution in [2.75, 3.05) is 0 Å². The van der Waals surface area contributed by atoms with E-state index in [-0.39, 0.29) is 24.2 Å². The van der Waals surface area contributed by atoms with E-state index in [4.69, 9.17) is 0 Å². The van der Waals surface area contributed by atoms with Gasteiger partial charge in [-0.2, -0.15) is 11.3 Å². The second kappa shape index (κ2) is 7.41. The minimum Gasteiger partial charge on any atom is -0.319 e. The Morgan fingerprint density at radius 3 is 2.57 bits per heavy atom. The average Bonchev–Trinajstić information content (AvgIpc) is 3.09. The minimum atomic E-state index is -0.0169. The van der Waals surface area contributed by atoms with Crippen molar-refractivity contribution in [3.05, 3.63) is 22.4 Å². The van der Waals surface area contributed by atoms with E-state index in [1.54, 1.807) is 11.3 Å². The molecule has 1 aromatic heterocycles. The van der Waals surface area contributed by atoms with Crippen LogP contribution in [0, 0.1) is 5.92 Å². The minimum absolute atomic E-state index is 0.0169. The van der Waals surface area contributed by atoms with Crippen LogP contribution in [0.1, 0.15) is 65.1 Å². The van der Waals surface area contributed by atoms with Gasteiger partial charge in [-0.05, 0) is 41.7 Å². The molecule has 3 nitrogen and oxygen atoms in total. The fraction of sp³-hybridized carbons (Fsp3) is 0.706. The molecule has 21 heavy (non-hydrogen) atoms. The summed E-state index contributed by atoms with van der Waals surface area (Å²) in [5.41, 5.74) is 1.23. The summed E-state index contributed by atoms with van der Waals surface area (Å²) in [5.74, 6) is 0.852. The number of carbonyl (C=O) groups excluding carboxylic acids is 1. The third kappa shape index (κ3) is 3.32. The number of nitrogens with one attached hydrogen (secondary N) is 1. The quantitative estimate of drug-likeness (QED) is 0.820. The predicted octanol–water partition coefficient (Wildman–Crippen LogP) is 4.17. The monoisotopic (exact) mass is 308 g/mol. The molecule has 1 aliphatic rings. The smallest absolute Gasteiger partial charge is 0.241 e. The van der Waals surface area contributed by atoms with Crippen molar-refractivity contribution in [2.45, 2.75) is 71.6 Å². The Balaban J connectivity index is 2.26. The molecule has 1 amide bonds. The molecule has 1 N–H and O–H groups in total. The van der Waals surface area contributed by atoms with Crippen LogP contribution in [0.15, 0.2) is 16.8 Å². The van der Waals surface area contributed by atoms with Crippen LogP contribution in [0.2, 0.25) is 0 Å². The summed E-state index contributed by atoms with van der Waals surface area (Å²) >= 11 is 1.70. The Morgan fingerprint density at radius 2 is 2.05 bits per heavy atom. The molecule has 1 aliphatic heterocycles. The van der Waals surface area contributed by atoms with Gasteiger partial charge in [0, 0.05) is 6.04 Å². The lowest BCUT2D eigenvalue weighted by atomic mass is 9.93. The van der Waals surface area contributed by atoms with Crippen LogP contribution in [0.3, 0.4) is 0 Å². The Bertz CT molecular complexity index is 442. The van der Waals surface area contributed by atoms with Gasteiger partial charge in [0.1, 0.15) is 6.17 Å². The topological polar surface area (TPSA) is 32.3 Å². The Hall–Kier alpha value is -0.870. The first-order valence-electron chi connectivity index (χ1n) is 8.24. The van der Waals surface area contributed by atoms with E-state index < -0.39 is 0 Å². The summed E-state index contributed by atoms with van der Waals surface area (Å²) < 4.78 is 0. The summed E-state index contributed by atoms with van der Waals surface area (Å²) in [6.45, 7) is 8.80. The molecule has 1 aromatic rings. The molecule has 3 atom stereocenters. The maximum absolute atomic E-state index is 12.8. The molecule has 0 aliphatic carbocycles. The second-order valence-electron chi connectivity index (χ2n) is 6.03. The zero-order valence-electron chi connectivity index (χ0n) is 13.6. The zero-order valence-corrected chi connectivity index (χ0v) is 14.5. The molecule has 1 saturated heterocycles. The van der Waals surface area contributed by atoms with E-state index in [0.717, 1.165) is 25.7 Å². The van der Waals surface area contributed by atoms with Gasteiger partial charge in [-0.1, -0.05) is 40.0 Å². The van der Waals surface area contributed by atoms with Crippen molar-refractivity contribution >= 4 is 17.2 Å². The van der Waals surface area contributed by atoms with Gasteiger partial charge in [-0.3, -0.25) is 10.1 Å². The van der Waals surface area contributed by atoms with Gasteiger partial charge in [0.05, 0.1) is 6.04 Å². The van der Waals surface area contributed by atoms with Gasteiger partial charge in [-0.15, -0.1) is 0 Å². The highest BCUT2D eigenvalue weighted by Crippen LogP contribution is 2.33. The van der Waals surface area contributed by atoms with E-state index >= 15 is 0 Å². The lowest BCUT2D eigenvalue weighted by Gasteiger charge is -2.35. The SMILES string of the molecule is CCCC1NC(c2ccsc2)N(C(C)C(CC)CC)C1=O. The van der Waals surface area contributed by atoms with Gasteiger partial charge in [0.15, 0.2) is 0 Å². The van der Waals surface area contributed by atoms with Gasteiger partial charge in [0.25, 0.3) is 0 Å². The molecule has 3 unspecified atom stereocenters. The number of hydrogen-bond donors (Lipinski definition) is 1. The van der Waals surface area contributed by atoms with Crippen LogP contribution in [0.5, 0.6) is 0 Å². The Kier molecular flexibility index (Phi) is 5.82. The van der Waals surface area contributed by atoms with Crippen LogP contribution in [-0.2, 0) is 4.79 Å². The molecule has 0 spiro atoms. The number of rotatable bonds is 7. The predicted molar refractivity (Wildman–Crippen MR) is 89.3 cm³/mol. The first-order chi connectivity index (χ1) is 10.1. The molecule has 4 heteroatoms. The first kappa shape index (κ1) is 16.5. The maximum Gasteiger partial charge on any atom is 0.241 e. The van der Waals surface area contributed by atoms with Crippen LogP contribution in [0.4, 0.5) is 0 Å². The molecule has 0 saturated carbocycles. The number of nitrogens with zero attached hydrogens (tertiary/aromatic N) is 1. The average molecular weight is 308 g/mol. The molecule has 2 rings (SSSR count). The third-order valence-electron chi connectivity index (χ3n) is 4.80. The van der Waals surface area contributed by atoms with Crippen molar-refractivity contribution in [1.29, 1.82) is 0 Å². The highest BCUT2D eigenvalue weighted by molar-refractivity contribution is 7.07. The van der Waals surface area contributed by atoms with Crippen molar-refractivity contribution in [3.63, 3.8) is 0 Å². The summed E-state index contributed by atoms with van der Waals surface area (Å²) in [6, 6.07) is 2.40. The lowest BCUT2D eigenvalue weighted by molar-refractivity contribution is -0.133. The van der Waals surface area contributed by atoms with Crippen LogP contribution in [0.25, 0.3) is 0 Å². The van der Waals surface area contributed by atoms with E-state index in [1.165, 1.54) is 5.56 Å². The second-order valence-corrected chi connectivity index (χ2v) is 6.81. The van der Waals surface area contributed by atoms with Crippen LogP contribution in [-0.4, -0.2) is 22.9 Å². The largest absolute Gasteiger partial charge is 0.319 e. The molecule has 0 radical (unpaired) electrons. The van der Waals surface area contributed by atoms with Crippen LogP contribution < -0.4 is 5.32 Å². The molecule has 2 heterocycles. The number of carbonyl (C=O) groups is 1. The third-order valence-corrected chi connectivity index (χ3v) is 5.50. The van der Waals surface area contributed by atoms with E-state index in [1.807, 2.05) is 0 Å². The van der Waals surface area contributed by atoms with Crippen molar-refractivity contribution in [2.24, 2.45) is 5.92 Å². The number of thiophene rings is 1. The number of hydrogen-bond acceptors (Lipinski definition) is 3. The highest BCUT2D eigenvalue weighted by atomic mass is 32.1. The van der Waals surface area contributed by atoms with Crippen LogP contribution >= 0.6 is 11.3 Å². The van der Waals surface area contributed by atoms with Gasteiger partial charge in [0.2, 0.25) is 5.91 Å². The summed E-state index contributed by atoms with van der Waals surface area (Å²) in [6.07, 6.45) is 4.25. The lowest BCUT2D eigenvalue weighted by Crippen LogP contribution is -2.42. The Morgan fingerprint density at radius 1 is 1.33 bits per heavy atom. The van der Waals surface area contributed by atoms with Crippen molar-refractivity contribution in [1.82, 2.24) is 10.2 Å². The van der Waals surface area contributed by atoms with Crippen molar-refractivity contribution in [3.8, 4) is 0 Å². The molecule has 1 fully saturated rings. The fourth-order valence-electron chi connectivity index (χ4n) is 3.47. The fourth-order valence-corrected chi connectivity index (χ4v) is 4.14. The Labute approximate surface area is 132 Å². The zero-order chi connectivity index (χ0) is 15.4. The molecular formula is C17H28N2OS. The molecular weight excluding hydrogens is 280 g/mol. The van der Waals surface area contributed by atoms with E-state index in [9.17, 15) is 4.79 Å². The highest BCUT2D eigenvalue weighted by Gasteiger charge is 2.42. The summed E-state index contributed by atoms with van der Waals surface area (Å²) in [5, 5.41) is 7.81. The van der Waals surface area contributed by atoms with Crippen molar-refractivity contribution < 1.29 is 4.79 Å². The maximum atomic E-state index is 12.8. The molecule has 0 aromatic carbocycles. The molecule has 0 bridgehead atoms. The molecule has 118 valence electrons. The summed E-state index contributed by atoms with van der Waals surface area (Å²) in [4.78, 5) is 15.0.